The van der Waals surface area contributed by atoms with E-state index in [0.717, 1.165) is 6.42 Å². The molecule has 1 fully saturated rings. The van der Waals surface area contributed by atoms with Gasteiger partial charge in [0.2, 0.25) is 10.0 Å². The summed E-state index contributed by atoms with van der Waals surface area (Å²) in [6.45, 7) is 4.01. The lowest BCUT2D eigenvalue weighted by Gasteiger charge is -2.08. The molecule has 1 unspecified atom stereocenters. The summed E-state index contributed by atoms with van der Waals surface area (Å²) < 4.78 is 26.6. The molecule has 2 N–H and O–H groups in total. The van der Waals surface area contributed by atoms with E-state index in [1.54, 1.807) is 12.1 Å². The Hall–Kier alpha value is -1.40. The first kappa shape index (κ1) is 14.0. The maximum absolute atomic E-state index is 12.0. The SMILES string of the molecule is CC1(C)CC1NS(=O)(=O)Cc1cccc(C(=O)O)c1. The van der Waals surface area contributed by atoms with Gasteiger partial charge in [-0.05, 0) is 29.5 Å². The normalized spacial score (nSPS) is 21.1. The molecule has 1 saturated carbocycles. The van der Waals surface area contributed by atoms with Crippen LogP contribution in [0.5, 0.6) is 0 Å². The summed E-state index contributed by atoms with van der Waals surface area (Å²) in [6, 6.07) is 5.98. The van der Waals surface area contributed by atoms with Crippen LogP contribution in [0.1, 0.15) is 36.2 Å². The number of benzene rings is 1. The molecule has 0 radical (unpaired) electrons. The number of sulfonamides is 1. The van der Waals surface area contributed by atoms with Gasteiger partial charge in [-0.3, -0.25) is 0 Å². The van der Waals surface area contributed by atoms with Gasteiger partial charge >= 0.3 is 5.97 Å². The fraction of sp³-hybridized carbons (Fsp3) is 0.462. The Morgan fingerprint density at radius 1 is 1.47 bits per heavy atom. The summed E-state index contributed by atoms with van der Waals surface area (Å²) in [5.74, 6) is -1.25. The first-order valence-electron chi connectivity index (χ1n) is 6.02. The molecule has 0 aliphatic heterocycles. The number of carboxylic acids is 1. The van der Waals surface area contributed by atoms with Gasteiger partial charge in [0.05, 0.1) is 11.3 Å². The molecule has 1 aromatic rings. The van der Waals surface area contributed by atoms with Crippen LogP contribution in [0.25, 0.3) is 0 Å². The zero-order chi connectivity index (χ0) is 14.3. The summed E-state index contributed by atoms with van der Waals surface area (Å²) in [5, 5.41) is 8.87. The summed E-state index contributed by atoms with van der Waals surface area (Å²) in [6.07, 6.45) is 0.835. The van der Waals surface area contributed by atoms with E-state index in [2.05, 4.69) is 4.72 Å². The number of rotatable bonds is 5. The molecular formula is C13H17NO4S. The van der Waals surface area contributed by atoms with Crippen LogP contribution < -0.4 is 4.72 Å². The van der Waals surface area contributed by atoms with Crippen LogP contribution in [0.4, 0.5) is 0 Å². The zero-order valence-electron chi connectivity index (χ0n) is 10.9. The number of carbonyl (C=O) groups is 1. The molecule has 1 aromatic carbocycles. The highest BCUT2D eigenvalue weighted by Crippen LogP contribution is 2.45. The Kier molecular flexibility index (Phi) is 3.40. The van der Waals surface area contributed by atoms with Gasteiger partial charge in [0.25, 0.3) is 0 Å². The van der Waals surface area contributed by atoms with Gasteiger partial charge < -0.3 is 5.11 Å². The van der Waals surface area contributed by atoms with Crippen molar-refractivity contribution < 1.29 is 18.3 Å². The average Bonchev–Trinajstić information content (AvgIpc) is 2.84. The van der Waals surface area contributed by atoms with Crippen molar-refractivity contribution in [2.75, 3.05) is 0 Å². The first-order valence-corrected chi connectivity index (χ1v) is 7.67. The van der Waals surface area contributed by atoms with E-state index in [9.17, 15) is 13.2 Å². The highest BCUT2D eigenvalue weighted by Gasteiger charge is 2.47. The second kappa shape index (κ2) is 4.61. The van der Waals surface area contributed by atoms with E-state index in [4.69, 9.17) is 5.11 Å². The Bertz CT molecular complexity index is 607. The predicted molar refractivity (Wildman–Crippen MR) is 71.3 cm³/mol. The zero-order valence-corrected chi connectivity index (χ0v) is 11.7. The second-order valence-electron chi connectivity index (χ2n) is 5.63. The third-order valence-electron chi connectivity index (χ3n) is 3.37. The van der Waals surface area contributed by atoms with Gasteiger partial charge in [-0.25, -0.2) is 17.9 Å². The molecule has 104 valence electrons. The minimum absolute atomic E-state index is 0.0137. The van der Waals surface area contributed by atoms with Crippen LogP contribution in [-0.2, 0) is 15.8 Å². The number of carboxylic acid groups (broad SMARTS) is 1. The van der Waals surface area contributed by atoms with E-state index in [1.807, 2.05) is 13.8 Å². The van der Waals surface area contributed by atoms with Crippen LogP contribution in [0.2, 0.25) is 0 Å². The fourth-order valence-corrected chi connectivity index (χ4v) is 3.48. The molecule has 1 atom stereocenters. The van der Waals surface area contributed by atoms with Crippen molar-refractivity contribution in [3.63, 3.8) is 0 Å². The minimum atomic E-state index is -3.43. The third kappa shape index (κ3) is 3.54. The molecule has 0 saturated heterocycles. The van der Waals surface area contributed by atoms with Crippen LogP contribution >= 0.6 is 0 Å². The topological polar surface area (TPSA) is 83.5 Å². The van der Waals surface area contributed by atoms with Gasteiger partial charge in [-0.1, -0.05) is 26.0 Å². The van der Waals surface area contributed by atoms with Crippen LogP contribution in [-0.4, -0.2) is 25.5 Å². The van der Waals surface area contributed by atoms with Crippen molar-refractivity contribution in [3.8, 4) is 0 Å². The molecule has 2 rings (SSSR count). The highest BCUT2D eigenvalue weighted by molar-refractivity contribution is 7.88. The summed E-state index contributed by atoms with van der Waals surface area (Å²) in [7, 11) is -3.43. The lowest BCUT2D eigenvalue weighted by atomic mass is 10.1. The number of nitrogens with one attached hydrogen (secondary N) is 1. The maximum Gasteiger partial charge on any atom is 0.335 e. The lowest BCUT2D eigenvalue weighted by Crippen LogP contribution is -2.29. The Morgan fingerprint density at radius 3 is 2.63 bits per heavy atom. The van der Waals surface area contributed by atoms with E-state index < -0.39 is 16.0 Å². The number of aromatic carboxylic acids is 1. The molecule has 0 heterocycles. The van der Waals surface area contributed by atoms with Crippen LogP contribution in [0, 0.1) is 5.41 Å². The standard InChI is InChI=1S/C13H17NO4S/c1-13(2)7-11(13)14-19(17,18)8-9-4-3-5-10(6-9)12(15)16/h3-6,11,14H,7-8H2,1-2H3,(H,15,16). The Balaban J connectivity index is 2.08. The molecular weight excluding hydrogens is 266 g/mol. The largest absolute Gasteiger partial charge is 0.478 e. The van der Waals surface area contributed by atoms with Gasteiger partial charge in [0, 0.05) is 6.04 Å². The van der Waals surface area contributed by atoms with Crippen LogP contribution in [0.15, 0.2) is 24.3 Å². The number of hydrogen-bond donors (Lipinski definition) is 2. The minimum Gasteiger partial charge on any atom is -0.478 e. The van der Waals surface area contributed by atoms with E-state index in [-0.39, 0.29) is 22.8 Å². The van der Waals surface area contributed by atoms with Crippen molar-refractivity contribution in [1.29, 1.82) is 0 Å². The quantitative estimate of drug-likeness (QED) is 0.859. The van der Waals surface area contributed by atoms with Gasteiger partial charge in [-0.15, -0.1) is 0 Å². The summed E-state index contributed by atoms with van der Waals surface area (Å²) in [4.78, 5) is 10.8. The van der Waals surface area contributed by atoms with Gasteiger partial charge in [0.15, 0.2) is 0 Å². The fourth-order valence-electron chi connectivity index (χ4n) is 1.94. The Labute approximate surface area is 112 Å². The van der Waals surface area contributed by atoms with Gasteiger partial charge in [-0.2, -0.15) is 0 Å². The molecule has 1 aliphatic rings. The monoisotopic (exact) mass is 283 g/mol. The van der Waals surface area contributed by atoms with E-state index >= 15 is 0 Å². The van der Waals surface area contributed by atoms with Crippen molar-refractivity contribution >= 4 is 16.0 Å². The predicted octanol–water partition coefficient (Wildman–Crippen LogP) is 1.60. The Morgan fingerprint density at radius 2 is 2.11 bits per heavy atom. The van der Waals surface area contributed by atoms with Crippen molar-refractivity contribution in [2.24, 2.45) is 5.41 Å². The smallest absolute Gasteiger partial charge is 0.335 e. The molecule has 0 bridgehead atoms. The number of hydrogen-bond acceptors (Lipinski definition) is 3. The molecule has 6 heteroatoms. The van der Waals surface area contributed by atoms with Crippen molar-refractivity contribution in [1.82, 2.24) is 4.72 Å². The molecule has 0 aromatic heterocycles. The lowest BCUT2D eigenvalue weighted by molar-refractivity contribution is 0.0696. The molecule has 0 amide bonds. The summed E-state index contributed by atoms with van der Waals surface area (Å²) in [5.41, 5.74) is 0.598. The molecule has 5 nitrogen and oxygen atoms in total. The third-order valence-corrected chi connectivity index (χ3v) is 4.72. The second-order valence-corrected chi connectivity index (χ2v) is 7.38. The van der Waals surface area contributed by atoms with E-state index in [1.165, 1.54) is 12.1 Å². The van der Waals surface area contributed by atoms with E-state index in [0.29, 0.717) is 5.56 Å². The molecule has 1 aliphatic carbocycles. The first-order chi connectivity index (χ1) is 8.70. The molecule has 0 spiro atoms. The van der Waals surface area contributed by atoms with Crippen LogP contribution in [0.3, 0.4) is 0 Å². The summed E-state index contributed by atoms with van der Waals surface area (Å²) >= 11 is 0. The molecule has 19 heavy (non-hydrogen) atoms. The average molecular weight is 283 g/mol. The van der Waals surface area contributed by atoms with Crippen molar-refractivity contribution in [2.45, 2.75) is 32.1 Å². The maximum atomic E-state index is 12.0. The van der Waals surface area contributed by atoms with Crippen molar-refractivity contribution in [3.05, 3.63) is 35.4 Å². The highest BCUT2D eigenvalue weighted by atomic mass is 32.2. The van der Waals surface area contributed by atoms with Gasteiger partial charge in [0.1, 0.15) is 0 Å².